The third-order valence-electron chi connectivity index (χ3n) is 4.96. The predicted molar refractivity (Wildman–Crippen MR) is 110 cm³/mol. The summed E-state index contributed by atoms with van der Waals surface area (Å²) in [6.07, 6.45) is 9.13. The first-order valence-electron chi connectivity index (χ1n) is 9.16. The Morgan fingerprint density at radius 2 is 1.93 bits per heavy atom. The molecule has 144 valence electrons. The van der Waals surface area contributed by atoms with Gasteiger partial charge in [-0.1, -0.05) is 6.07 Å². The van der Waals surface area contributed by atoms with E-state index >= 15 is 0 Å². The number of nitrogens with zero attached hydrogens (tertiary/aromatic N) is 5. The van der Waals surface area contributed by atoms with E-state index in [2.05, 4.69) is 15.0 Å². The van der Waals surface area contributed by atoms with Gasteiger partial charge in [0.25, 0.3) is 0 Å². The molecule has 0 spiro atoms. The molecule has 3 aromatic heterocycles. The van der Waals surface area contributed by atoms with Crippen molar-refractivity contribution in [3.05, 3.63) is 60.8 Å². The molecule has 0 N–H and O–H groups in total. The Bertz CT molecular complexity index is 936. The van der Waals surface area contributed by atoms with Crippen LogP contribution in [0.3, 0.4) is 0 Å². The third-order valence-corrected chi connectivity index (χ3v) is 4.96. The quantitative estimate of drug-likeness (QED) is 0.675. The van der Waals surface area contributed by atoms with Gasteiger partial charge < -0.3 is 4.90 Å². The Kier molecular flexibility index (Phi) is 6.31. The van der Waals surface area contributed by atoms with Crippen molar-refractivity contribution in [3.63, 3.8) is 0 Å². The first-order chi connectivity index (χ1) is 13.2. The van der Waals surface area contributed by atoms with Gasteiger partial charge in [0, 0.05) is 56.3 Å². The number of halogens is 1. The maximum atomic E-state index is 11.9. The van der Waals surface area contributed by atoms with Gasteiger partial charge in [0.05, 0.1) is 5.69 Å². The van der Waals surface area contributed by atoms with Gasteiger partial charge >= 0.3 is 0 Å². The maximum Gasteiger partial charge on any atom is 0.219 e. The van der Waals surface area contributed by atoms with E-state index in [0.717, 1.165) is 41.9 Å². The number of amides is 1. The number of piperidine rings is 1. The molecule has 4 heterocycles. The number of rotatable bonds is 3. The molecule has 1 unspecified atom stereocenters. The first kappa shape index (κ1) is 19.9. The number of hydrogen-bond acceptors (Lipinski definition) is 5. The van der Waals surface area contributed by atoms with E-state index in [1.54, 1.807) is 25.5 Å². The molecule has 0 aliphatic carbocycles. The molecule has 1 fully saturated rings. The molecule has 1 aliphatic heterocycles. The van der Waals surface area contributed by atoms with Gasteiger partial charge in [0.15, 0.2) is 5.82 Å². The van der Waals surface area contributed by atoms with E-state index in [9.17, 15) is 4.79 Å². The molecule has 1 atom stereocenters. The monoisotopic (exact) mass is 395 g/mol. The molecule has 0 bridgehead atoms. The zero-order valence-corrected chi connectivity index (χ0v) is 16.5. The van der Waals surface area contributed by atoms with E-state index in [1.165, 1.54) is 0 Å². The minimum Gasteiger partial charge on any atom is -0.342 e. The Morgan fingerprint density at radius 1 is 1.11 bits per heavy atom. The summed E-state index contributed by atoms with van der Waals surface area (Å²) in [5.74, 6) is 0.906. The van der Waals surface area contributed by atoms with Crippen molar-refractivity contribution in [2.24, 2.45) is 0 Å². The average molecular weight is 396 g/mol. The Hall–Kier alpha value is -2.86. The van der Waals surface area contributed by atoms with Crippen LogP contribution < -0.4 is 0 Å². The Morgan fingerprint density at radius 3 is 2.64 bits per heavy atom. The second kappa shape index (κ2) is 8.89. The van der Waals surface area contributed by atoms with Crippen LogP contribution in [-0.2, 0) is 4.79 Å². The van der Waals surface area contributed by atoms with Gasteiger partial charge in [0.1, 0.15) is 5.69 Å². The smallest absolute Gasteiger partial charge is 0.219 e. The van der Waals surface area contributed by atoms with Crippen LogP contribution >= 0.6 is 12.4 Å². The topological polar surface area (TPSA) is 71.9 Å². The minimum absolute atomic E-state index is 0. The summed E-state index contributed by atoms with van der Waals surface area (Å²) < 4.78 is 0. The van der Waals surface area contributed by atoms with E-state index in [1.807, 2.05) is 41.4 Å². The fourth-order valence-corrected chi connectivity index (χ4v) is 3.56. The summed E-state index contributed by atoms with van der Waals surface area (Å²) in [7, 11) is 0. The minimum atomic E-state index is 0. The number of hydrogen-bond donors (Lipinski definition) is 0. The third kappa shape index (κ3) is 4.17. The van der Waals surface area contributed by atoms with E-state index in [4.69, 9.17) is 4.98 Å². The van der Waals surface area contributed by atoms with Crippen LogP contribution in [0.5, 0.6) is 0 Å². The molecule has 0 radical (unpaired) electrons. The summed E-state index contributed by atoms with van der Waals surface area (Å²) in [6, 6.07) is 9.65. The van der Waals surface area contributed by atoms with Gasteiger partial charge in [-0.2, -0.15) is 0 Å². The number of pyridine rings is 2. The molecule has 3 aromatic rings. The highest BCUT2D eigenvalue weighted by Gasteiger charge is 2.27. The molecule has 4 rings (SSSR count). The first-order valence-corrected chi connectivity index (χ1v) is 9.16. The second-order valence-corrected chi connectivity index (χ2v) is 6.75. The highest BCUT2D eigenvalue weighted by Crippen LogP contribution is 2.33. The lowest BCUT2D eigenvalue weighted by molar-refractivity contribution is -0.130. The van der Waals surface area contributed by atoms with Crippen LogP contribution in [0.2, 0.25) is 0 Å². The van der Waals surface area contributed by atoms with Gasteiger partial charge in [-0.05, 0) is 42.7 Å². The highest BCUT2D eigenvalue weighted by molar-refractivity contribution is 5.85. The van der Waals surface area contributed by atoms with Gasteiger partial charge in [-0.25, -0.2) is 9.97 Å². The maximum absolute atomic E-state index is 11.9. The largest absolute Gasteiger partial charge is 0.342 e. The number of likely N-dealkylation sites (tertiary alicyclic amines) is 1. The zero-order chi connectivity index (χ0) is 18.6. The van der Waals surface area contributed by atoms with Gasteiger partial charge in [-0.3, -0.25) is 14.8 Å². The van der Waals surface area contributed by atoms with Crippen molar-refractivity contribution >= 4 is 18.3 Å². The number of carbonyl (C=O) groups excluding carboxylic acids is 1. The van der Waals surface area contributed by atoms with Crippen molar-refractivity contribution in [1.29, 1.82) is 0 Å². The predicted octanol–water partition coefficient (Wildman–Crippen LogP) is 3.75. The van der Waals surface area contributed by atoms with Crippen LogP contribution in [0.4, 0.5) is 0 Å². The summed E-state index contributed by atoms with van der Waals surface area (Å²) in [4.78, 5) is 31.8. The zero-order valence-electron chi connectivity index (χ0n) is 15.7. The standard InChI is InChI=1S/C21H21N5O.ClH/c1-15(27)26-12-4-5-17(14-26)20-18(16-7-10-22-11-8-16)13-24-21(25-20)19-6-2-3-9-23-19;/h2-3,6-11,13,17H,4-5,12,14H2,1H3;1H. The lowest BCUT2D eigenvalue weighted by Gasteiger charge is -2.32. The van der Waals surface area contributed by atoms with Crippen LogP contribution in [0.1, 0.15) is 31.4 Å². The number of aromatic nitrogens is 4. The van der Waals surface area contributed by atoms with E-state index in [0.29, 0.717) is 12.4 Å². The molecular weight excluding hydrogens is 374 g/mol. The lowest BCUT2D eigenvalue weighted by Crippen LogP contribution is -2.38. The van der Waals surface area contributed by atoms with Crippen LogP contribution in [0, 0.1) is 0 Å². The van der Waals surface area contributed by atoms with Crippen LogP contribution in [0.15, 0.2) is 55.1 Å². The average Bonchev–Trinajstić information content (AvgIpc) is 2.74. The summed E-state index contributed by atoms with van der Waals surface area (Å²) in [5, 5.41) is 0. The molecule has 1 saturated heterocycles. The normalized spacial score (nSPS) is 16.3. The highest BCUT2D eigenvalue weighted by atomic mass is 35.5. The molecule has 1 amide bonds. The molecule has 6 nitrogen and oxygen atoms in total. The molecular formula is C21H22ClN5O. The van der Waals surface area contributed by atoms with Gasteiger partial charge in [0.2, 0.25) is 5.91 Å². The summed E-state index contributed by atoms with van der Waals surface area (Å²) >= 11 is 0. The lowest BCUT2D eigenvalue weighted by atomic mass is 9.90. The van der Waals surface area contributed by atoms with Crippen LogP contribution in [0.25, 0.3) is 22.6 Å². The van der Waals surface area contributed by atoms with E-state index in [-0.39, 0.29) is 24.2 Å². The number of carbonyl (C=O) groups is 1. The fourth-order valence-electron chi connectivity index (χ4n) is 3.56. The van der Waals surface area contributed by atoms with Crippen molar-refractivity contribution in [2.75, 3.05) is 13.1 Å². The van der Waals surface area contributed by atoms with E-state index < -0.39 is 0 Å². The molecule has 0 saturated carbocycles. The second-order valence-electron chi connectivity index (χ2n) is 6.75. The molecule has 0 aromatic carbocycles. The molecule has 7 heteroatoms. The molecule has 28 heavy (non-hydrogen) atoms. The fraction of sp³-hybridized carbons (Fsp3) is 0.286. The van der Waals surface area contributed by atoms with Crippen molar-refractivity contribution in [2.45, 2.75) is 25.7 Å². The van der Waals surface area contributed by atoms with Crippen molar-refractivity contribution in [3.8, 4) is 22.6 Å². The van der Waals surface area contributed by atoms with Crippen molar-refractivity contribution < 1.29 is 4.79 Å². The van der Waals surface area contributed by atoms with Crippen molar-refractivity contribution in [1.82, 2.24) is 24.8 Å². The summed E-state index contributed by atoms with van der Waals surface area (Å²) in [5.41, 5.74) is 3.75. The SMILES string of the molecule is CC(=O)N1CCCC(c2nc(-c3ccccn3)ncc2-c2ccncc2)C1.Cl. The Balaban J connectivity index is 0.00000225. The van der Waals surface area contributed by atoms with Gasteiger partial charge in [-0.15, -0.1) is 12.4 Å². The Labute approximate surface area is 170 Å². The molecule has 1 aliphatic rings. The van der Waals surface area contributed by atoms with Crippen LogP contribution in [-0.4, -0.2) is 43.8 Å². The summed E-state index contributed by atoms with van der Waals surface area (Å²) in [6.45, 7) is 3.13.